The highest BCUT2D eigenvalue weighted by Crippen LogP contribution is 2.31. The number of nitrogens with one attached hydrogen (secondary N) is 1. The minimum Gasteiger partial charge on any atom is -0.493 e. The Kier molecular flexibility index (Phi) is 4.66. The lowest BCUT2D eigenvalue weighted by Gasteiger charge is -2.15. The van der Waals surface area contributed by atoms with Crippen molar-refractivity contribution in [2.75, 3.05) is 19.5 Å². The van der Waals surface area contributed by atoms with Gasteiger partial charge in [0.2, 0.25) is 0 Å². The molecule has 0 saturated carbocycles. The SMILES string of the molecule is COc1ccc(C(C)Nc2nc(Br)cs2)cc1OC. The Morgan fingerprint density at radius 2 is 2.00 bits per heavy atom. The van der Waals surface area contributed by atoms with Crippen LogP contribution in [0.4, 0.5) is 5.13 Å². The molecular formula is C13H15BrN2O2S. The van der Waals surface area contributed by atoms with Gasteiger partial charge < -0.3 is 14.8 Å². The summed E-state index contributed by atoms with van der Waals surface area (Å²) in [5, 5.41) is 6.18. The molecule has 0 amide bonds. The van der Waals surface area contributed by atoms with E-state index in [4.69, 9.17) is 9.47 Å². The summed E-state index contributed by atoms with van der Waals surface area (Å²) >= 11 is 4.91. The fourth-order valence-corrected chi connectivity index (χ4v) is 2.94. The third kappa shape index (κ3) is 3.39. The van der Waals surface area contributed by atoms with Gasteiger partial charge in [0.15, 0.2) is 16.6 Å². The van der Waals surface area contributed by atoms with Gasteiger partial charge in [-0.05, 0) is 40.5 Å². The highest BCUT2D eigenvalue weighted by Gasteiger charge is 2.11. The number of nitrogens with zero attached hydrogens (tertiary/aromatic N) is 1. The van der Waals surface area contributed by atoms with Gasteiger partial charge in [-0.1, -0.05) is 6.07 Å². The molecule has 1 heterocycles. The van der Waals surface area contributed by atoms with Crippen LogP contribution in [0.5, 0.6) is 11.5 Å². The van der Waals surface area contributed by atoms with E-state index >= 15 is 0 Å². The maximum Gasteiger partial charge on any atom is 0.184 e. The molecule has 1 unspecified atom stereocenters. The fourth-order valence-electron chi connectivity index (χ4n) is 1.71. The van der Waals surface area contributed by atoms with Gasteiger partial charge in [0, 0.05) is 5.38 Å². The van der Waals surface area contributed by atoms with E-state index in [1.54, 1.807) is 25.6 Å². The molecule has 0 radical (unpaired) electrons. The molecule has 1 aromatic carbocycles. The highest BCUT2D eigenvalue weighted by molar-refractivity contribution is 9.10. The van der Waals surface area contributed by atoms with Gasteiger partial charge in [0.1, 0.15) is 4.60 Å². The Bertz CT molecular complexity index is 559. The number of hydrogen-bond donors (Lipinski definition) is 1. The fraction of sp³-hybridized carbons (Fsp3) is 0.308. The van der Waals surface area contributed by atoms with E-state index in [9.17, 15) is 0 Å². The van der Waals surface area contributed by atoms with Gasteiger partial charge in [-0.2, -0.15) is 0 Å². The normalized spacial score (nSPS) is 12.0. The van der Waals surface area contributed by atoms with Crippen LogP contribution in [0.1, 0.15) is 18.5 Å². The standard InChI is InChI=1S/C13H15BrN2O2S/c1-8(15-13-16-12(14)7-19-13)9-4-5-10(17-2)11(6-9)18-3/h4-8H,1-3H3,(H,15,16). The van der Waals surface area contributed by atoms with Crippen LogP contribution in [0.3, 0.4) is 0 Å². The van der Waals surface area contributed by atoms with E-state index in [1.165, 1.54) is 0 Å². The number of rotatable bonds is 5. The number of thiazole rings is 1. The van der Waals surface area contributed by atoms with Crippen LogP contribution < -0.4 is 14.8 Å². The number of methoxy groups -OCH3 is 2. The van der Waals surface area contributed by atoms with E-state index in [2.05, 4.69) is 33.2 Å². The lowest BCUT2D eigenvalue weighted by molar-refractivity contribution is 0.354. The second kappa shape index (κ2) is 6.25. The summed E-state index contributed by atoms with van der Waals surface area (Å²) in [6, 6.07) is 6.03. The van der Waals surface area contributed by atoms with Crippen LogP contribution >= 0.6 is 27.3 Å². The Hall–Kier alpha value is -1.27. The van der Waals surface area contributed by atoms with E-state index in [0.717, 1.165) is 26.8 Å². The van der Waals surface area contributed by atoms with Crippen LogP contribution in [0.25, 0.3) is 0 Å². The molecule has 0 aliphatic rings. The Morgan fingerprint density at radius 1 is 1.26 bits per heavy atom. The summed E-state index contributed by atoms with van der Waals surface area (Å²) in [4.78, 5) is 4.32. The highest BCUT2D eigenvalue weighted by atomic mass is 79.9. The first-order valence-corrected chi connectivity index (χ1v) is 7.40. The number of benzene rings is 1. The van der Waals surface area contributed by atoms with Crippen molar-refractivity contribution in [3.63, 3.8) is 0 Å². The van der Waals surface area contributed by atoms with Gasteiger partial charge in [-0.25, -0.2) is 4.98 Å². The molecule has 0 bridgehead atoms. The van der Waals surface area contributed by atoms with Crippen molar-refractivity contribution in [1.29, 1.82) is 0 Å². The van der Waals surface area contributed by atoms with Crippen LogP contribution in [-0.2, 0) is 0 Å². The molecule has 102 valence electrons. The van der Waals surface area contributed by atoms with E-state index in [1.807, 2.05) is 23.6 Å². The molecule has 6 heteroatoms. The molecule has 1 aromatic heterocycles. The third-order valence-electron chi connectivity index (χ3n) is 2.72. The molecule has 0 aliphatic heterocycles. The molecule has 4 nitrogen and oxygen atoms in total. The van der Waals surface area contributed by atoms with Gasteiger partial charge in [-0.15, -0.1) is 11.3 Å². The minimum absolute atomic E-state index is 0.137. The van der Waals surface area contributed by atoms with Gasteiger partial charge in [0.25, 0.3) is 0 Å². The summed E-state index contributed by atoms with van der Waals surface area (Å²) < 4.78 is 11.4. The minimum atomic E-state index is 0.137. The van der Waals surface area contributed by atoms with Gasteiger partial charge >= 0.3 is 0 Å². The lowest BCUT2D eigenvalue weighted by Crippen LogP contribution is -2.06. The Morgan fingerprint density at radius 3 is 2.58 bits per heavy atom. The molecule has 2 rings (SSSR count). The topological polar surface area (TPSA) is 43.4 Å². The van der Waals surface area contributed by atoms with Gasteiger partial charge in [-0.3, -0.25) is 0 Å². The zero-order chi connectivity index (χ0) is 13.8. The predicted molar refractivity (Wildman–Crippen MR) is 81.4 cm³/mol. The largest absolute Gasteiger partial charge is 0.493 e. The van der Waals surface area contributed by atoms with Crippen molar-refractivity contribution in [3.05, 3.63) is 33.7 Å². The van der Waals surface area contributed by atoms with Crippen LogP contribution in [0.2, 0.25) is 0 Å². The molecule has 1 atom stereocenters. The molecular weight excluding hydrogens is 328 g/mol. The number of halogens is 1. The molecule has 2 aromatic rings. The first-order chi connectivity index (χ1) is 9.13. The number of aromatic nitrogens is 1. The van der Waals surface area contributed by atoms with E-state index in [-0.39, 0.29) is 6.04 Å². The summed E-state index contributed by atoms with van der Waals surface area (Å²) in [6.45, 7) is 2.08. The maximum absolute atomic E-state index is 5.31. The van der Waals surface area contributed by atoms with E-state index in [0.29, 0.717) is 0 Å². The van der Waals surface area contributed by atoms with Crippen molar-refractivity contribution in [2.45, 2.75) is 13.0 Å². The number of hydrogen-bond acceptors (Lipinski definition) is 5. The lowest BCUT2D eigenvalue weighted by atomic mass is 10.1. The molecule has 0 spiro atoms. The average Bonchev–Trinajstić information content (AvgIpc) is 2.83. The zero-order valence-corrected chi connectivity index (χ0v) is 13.3. The second-order valence-corrected chi connectivity index (χ2v) is 5.63. The van der Waals surface area contributed by atoms with Crippen molar-refractivity contribution in [2.24, 2.45) is 0 Å². The Labute approximate surface area is 124 Å². The van der Waals surface area contributed by atoms with Crippen molar-refractivity contribution in [3.8, 4) is 11.5 Å². The predicted octanol–water partition coefficient (Wildman–Crippen LogP) is 4.10. The van der Waals surface area contributed by atoms with Crippen molar-refractivity contribution in [1.82, 2.24) is 4.98 Å². The number of ether oxygens (including phenoxy) is 2. The average molecular weight is 343 g/mol. The molecule has 0 fully saturated rings. The van der Waals surface area contributed by atoms with Crippen molar-refractivity contribution < 1.29 is 9.47 Å². The number of anilines is 1. The molecule has 0 aliphatic carbocycles. The van der Waals surface area contributed by atoms with Crippen LogP contribution in [-0.4, -0.2) is 19.2 Å². The molecule has 1 N–H and O–H groups in total. The summed E-state index contributed by atoms with van der Waals surface area (Å²) in [5.74, 6) is 1.46. The maximum atomic E-state index is 5.31. The van der Waals surface area contributed by atoms with Gasteiger partial charge in [0.05, 0.1) is 20.3 Å². The second-order valence-electron chi connectivity index (χ2n) is 3.96. The van der Waals surface area contributed by atoms with Crippen LogP contribution in [0.15, 0.2) is 28.2 Å². The summed E-state index contributed by atoms with van der Waals surface area (Å²) in [7, 11) is 3.27. The summed E-state index contributed by atoms with van der Waals surface area (Å²) in [6.07, 6.45) is 0. The van der Waals surface area contributed by atoms with Crippen molar-refractivity contribution >= 4 is 32.4 Å². The zero-order valence-electron chi connectivity index (χ0n) is 10.9. The van der Waals surface area contributed by atoms with E-state index < -0.39 is 0 Å². The Balaban J connectivity index is 2.16. The first-order valence-electron chi connectivity index (χ1n) is 5.73. The summed E-state index contributed by atoms with van der Waals surface area (Å²) in [5.41, 5.74) is 1.11. The molecule has 19 heavy (non-hydrogen) atoms. The molecule has 0 saturated heterocycles. The monoisotopic (exact) mass is 342 g/mol. The third-order valence-corrected chi connectivity index (χ3v) is 4.21. The quantitative estimate of drug-likeness (QED) is 0.888. The van der Waals surface area contributed by atoms with Crippen LogP contribution in [0, 0.1) is 0 Å². The smallest absolute Gasteiger partial charge is 0.184 e. The first kappa shape index (κ1) is 14.1.